The second-order valence-corrected chi connectivity index (χ2v) is 7.44. The summed E-state index contributed by atoms with van der Waals surface area (Å²) in [5.41, 5.74) is 1.83. The Balaban J connectivity index is 1.61. The van der Waals surface area contributed by atoms with E-state index in [0.29, 0.717) is 18.7 Å². The van der Waals surface area contributed by atoms with Crippen LogP contribution in [0.15, 0.2) is 18.2 Å². The predicted octanol–water partition coefficient (Wildman–Crippen LogP) is 2.06. The number of cyclic esters (lactones) is 1. The lowest BCUT2D eigenvalue weighted by Gasteiger charge is -2.20. The van der Waals surface area contributed by atoms with Gasteiger partial charge in [0, 0.05) is 18.4 Å². The first-order chi connectivity index (χ1) is 12.1. The van der Waals surface area contributed by atoms with Crippen LogP contribution >= 0.6 is 0 Å². The van der Waals surface area contributed by atoms with Crippen molar-refractivity contribution < 1.29 is 23.9 Å². The third kappa shape index (κ3) is 3.74. The molecular weight excluding hydrogens is 338 g/mol. The number of carbonyl (C=O) groups excluding carboxylic acids is 3. The number of ether oxygens (including phenoxy) is 2. The first-order valence-electron chi connectivity index (χ1n) is 8.48. The van der Waals surface area contributed by atoms with Gasteiger partial charge in [-0.3, -0.25) is 9.69 Å². The summed E-state index contributed by atoms with van der Waals surface area (Å²) in [7, 11) is 1.73. The molecule has 0 aliphatic carbocycles. The first kappa shape index (κ1) is 18.0. The maximum atomic E-state index is 12.2. The maximum absolute atomic E-state index is 12.2. The van der Waals surface area contributed by atoms with Gasteiger partial charge in [-0.1, -0.05) is 0 Å². The summed E-state index contributed by atoms with van der Waals surface area (Å²) in [6.45, 7) is 5.82. The second kappa shape index (κ2) is 6.51. The van der Waals surface area contributed by atoms with Crippen LogP contribution in [0, 0.1) is 0 Å². The van der Waals surface area contributed by atoms with Crippen molar-refractivity contribution in [1.82, 2.24) is 5.32 Å². The van der Waals surface area contributed by atoms with Crippen LogP contribution in [0.25, 0.3) is 0 Å². The number of carbonyl (C=O) groups is 3. The Morgan fingerprint density at radius 1 is 1.35 bits per heavy atom. The molecule has 8 nitrogen and oxygen atoms in total. The summed E-state index contributed by atoms with van der Waals surface area (Å²) >= 11 is 0. The topological polar surface area (TPSA) is 88.2 Å². The zero-order valence-electron chi connectivity index (χ0n) is 15.4. The quantitative estimate of drug-likeness (QED) is 0.890. The Morgan fingerprint density at radius 3 is 2.77 bits per heavy atom. The number of likely N-dealkylation sites (N-methyl/N-ethyl adjacent to an activating group) is 1. The van der Waals surface area contributed by atoms with Gasteiger partial charge in [0.15, 0.2) is 0 Å². The van der Waals surface area contributed by atoms with Gasteiger partial charge in [-0.15, -0.1) is 0 Å². The number of benzene rings is 1. The maximum Gasteiger partial charge on any atom is 0.414 e. The van der Waals surface area contributed by atoms with E-state index in [2.05, 4.69) is 5.32 Å². The molecule has 2 heterocycles. The number of nitrogens with one attached hydrogen (secondary N) is 1. The zero-order chi connectivity index (χ0) is 19.1. The summed E-state index contributed by atoms with van der Waals surface area (Å²) in [4.78, 5) is 38.8. The lowest BCUT2D eigenvalue weighted by atomic mass is 10.1. The van der Waals surface area contributed by atoms with Crippen LogP contribution in [-0.4, -0.2) is 49.9 Å². The van der Waals surface area contributed by atoms with Gasteiger partial charge < -0.3 is 19.7 Å². The van der Waals surface area contributed by atoms with E-state index in [1.54, 1.807) is 38.8 Å². The number of rotatable bonds is 3. The number of alkyl carbamates (subject to hydrolysis) is 1. The standard InChI is InChI=1S/C18H23N3O5/c1-18(2,3)26-16(23)19-9-13-10-21(17(24)25-13)12-5-6-14-11(7-12)8-15(22)20(14)4/h5-7,13H,8-10H2,1-4H3,(H,19,23). The predicted molar refractivity (Wildman–Crippen MR) is 95.4 cm³/mol. The first-order valence-corrected chi connectivity index (χ1v) is 8.48. The minimum atomic E-state index is -0.586. The number of hydrogen-bond donors (Lipinski definition) is 1. The average molecular weight is 361 g/mol. The van der Waals surface area contributed by atoms with Gasteiger partial charge in [-0.25, -0.2) is 9.59 Å². The number of anilines is 2. The fraction of sp³-hybridized carbons (Fsp3) is 0.500. The number of nitrogens with zero attached hydrogens (tertiary/aromatic N) is 2. The van der Waals surface area contributed by atoms with Crippen molar-refractivity contribution in [2.75, 3.05) is 29.9 Å². The van der Waals surface area contributed by atoms with Crippen LogP contribution in [0.4, 0.5) is 21.0 Å². The van der Waals surface area contributed by atoms with Gasteiger partial charge in [-0.2, -0.15) is 0 Å². The molecule has 1 saturated heterocycles. The Kier molecular flexibility index (Phi) is 4.52. The summed E-state index contributed by atoms with van der Waals surface area (Å²) in [5.74, 6) is 0.0283. The van der Waals surface area contributed by atoms with E-state index < -0.39 is 23.9 Å². The molecule has 0 radical (unpaired) electrons. The minimum absolute atomic E-state index is 0.0283. The molecule has 1 aromatic carbocycles. The number of hydrogen-bond acceptors (Lipinski definition) is 5. The molecule has 8 heteroatoms. The van der Waals surface area contributed by atoms with Crippen molar-refractivity contribution in [2.45, 2.75) is 38.9 Å². The molecular formula is C18H23N3O5. The van der Waals surface area contributed by atoms with Crippen LogP contribution in [0.5, 0.6) is 0 Å². The van der Waals surface area contributed by atoms with Gasteiger partial charge in [0.1, 0.15) is 11.7 Å². The lowest BCUT2D eigenvalue weighted by molar-refractivity contribution is -0.117. The molecule has 1 atom stereocenters. The van der Waals surface area contributed by atoms with Gasteiger partial charge in [0.05, 0.1) is 19.5 Å². The summed E-state index contributed by atoms with van der Waals surface area (Å²) in [6.07, 6.45) is -1.16. The Morgan fingerprint density at radius 2 is 2.08 bits per heavy atom. The molecule has 140 valence electrons. The van der Waals surface area contributed by atoms with E-state index in [1.807, 2.05) is 12.1 Å². The summed E-state index contributed by atoms with van der Waals surface area (Å²) in [5, 5.41) is 2.61. The smallest absolute Gasteiger partial charge is 0.414 e. The highest BCUT2D eigenvalue weighted by molar-refractivity contribution is 6.02. The molecule has 1 N–H and O–H groups in total. The van der Waals surface area contributed by atoms with Crippen molar-refractivity contribution in [3.63, 3.8) is 0 Å². The van der Waals surface area contributed by atoms with Crippen molar-refractivity contribution >= 4 is 29.5 Å². The fourth-order valence-corrected chi connectivity index (χ4v) is 2.97. The second-order valence-electron chi connectivity index (χ2n) is 7.44. The fourth-order valence-electron chi connectivity index (χ4n) is 2.97. The van der Waals surface area contributed by atoms with Crippen LogP contribution < -0.4 is 15.1 Å². The molecule has 1 fully saturated rings. The van der Waals surface area contributed by atoms with Gasteiger partial charge >= 0.3 is 12.2 Å². The third-order valence-corrected chi connectivity index (χ3v) is 4.20. The van der Waals surface area contributed by atoms with Crippen LogP contribution in [0.2, 0.25) is 0 Å². The molecule has 0 aromatic heterocycles. The third-order valence-electron chi connectivity index (χ3n) is 4.20. The normalized spacial score (nSPS) is 19.5. The molecule has 3 rings (SSSR count). The van der Waals surface area contributed by atoms with Crippen molar-refractivity contribution in [1.29, 1.82) is 0 Å². The lowest BCUT2D eigenvalue weighted by Crippen LogP contribution is -2.38. The Labute approximate surface area is 152 Å². The SMILES string of the molecule is CN1C(=O)Cc2cc(N3CC(CNC(=O)OC(C)(C)C)OC3=O)ccc21. The Bertz CT molecular complexity index is 756. The molecule has 3 amide bonds. The molecule has 1 aromatic rings. The monoisotopic (exact) mass is 361 g/mol. The van der Waals surface area contributed by atoms with E-state index >= 15 is 0 Å². The highest BCUT2D eigenvalue weighted by atomic mass is 16.6. The van der Waals surface area contributed by atoms with Crippen LogP contribution in [0.1, 0.15) is 26.3 Å². The van der Waals surface area contributed by atoms with Crippen LogP contribution in [0.3, 0.4) is 0 Å². The zero-order valence-corrected chi connectivity index (χ0v) is 15.4. The van der Waals surface area contributed by atoms with E-state index in [9.17, 15) is 14.4 Å². The molecule has 2 aliphatic heterocycles. The van der Waals surface area contributed by atoms with Gasteiger partial charge in [0.25, 0.3) is 0 Å². The molecule has 0 bridgehead atoms. The highest BCUT2D eigenvalue weighted by Crippen LogP contribution is 2.32. The number of amides is 3. The van der Waals surface area contributed by atoms with Crippen molar-refractivity contribution in [2.24, 2.45) is 0 Å². The van der Waals surface area contributed by atoms with Crippen molar-refractivity contribution in [3.8, 4) is 0 Å². The van der Waals surface area contributed by atoms with E-state index in [0.717, 1.165) is 11.3 Å². The molecule has 0 spiro atoms. The van der Waals surface area contributed by atoms with E-state index in [-0.39, 0.29) is 12.5 Å². The molecule has 1 unspecified atom stereocenters. The van der Waals surface area contributed by atoms with Gasteiger partial charge in [0.2, 0.25) is 5.91 Å². The van der Waals surface area contributed by atoms with Gasteiger partial charge in [-0.05, 0) is 44.5 Å². The summed E-state index contributed by atoms with van der Waals surface area (Å²) in [6, 6.07) is 5.45. The van der Waals surface area contributed by atoms with Crippen molar-refractivity contribution in [3.05, 3.63) is 23.8 Å². The number of fused-ring (bicyclic) bond motifs is 1. The Hall–Kier alpha value is -2.77. The molecule has 2 aliphatic rings. The average Bonchev–Trinajstić information content (AvgIpc) is 3.04. The molecule has 0 saturated carbocycles. The minimum Gasteiger partial charge on any atom is -0.444 e. The molecule has 26 heavy (non-hydrogen) atoms. The highest BCUT2D eigenvalue weighted by Gasteiger charge is 2.34. The van der Waals surface area contributed by atoms with Crippen LogP contribution in [-0.2, 0) is 20.7 Å². The largest absolute Gasteiger partial charge is 0.444 e. The van der Waals surface area contributed by atoms with E-state index in [1.165, 1.54) is 4.90 Å². The van der Waals surface area contributed by atoms with E-state index in [4.69, 9.17) is 9.47 Å². The summed E-state index contributed by atoms with van der Waals surface area (Å²) < 4.78 is 10.5.